The van der Waals surface area contributed by atoms with Gasteiger partial charge in [0.15, 0.2) is 12.2 Å². The van der Waals surface area contributed by atoms with Gasteiger partial charge in [-0.15, -0.1) is 0 Å². The van der Waals surface area contributed by atoms with Gasteiger partial charge in [0, 0.05) is 6.92 Å². The number of rotatable bonds is 8. The fourth-order valence-corrected chi connectivity index (χ4v) is 3.84. The van der Waals surface area contributed by atoms with E-state index in [1.54, 1.807) is 24.3 Å². The van der Waals surface area contributed by atoms with Gasteiger partial charge in [0.25, 0.3) is 0 Å². The van der Waals surface area contributed by atoms with Crippen LogP contribution in [0.3, 0.4) is 0 Å². The molecular formula is C23H23NO11. The number of ether oxygens (including phenoxy) is 5. The van der Waals surface area contributed by atoms with E-state index < -0.39 is 47.7 Å². The SMILES string of the molecule is CC(=O)Oc1ccccc1C(=O)O[C@H]1CO[C@H]2[C@@H]1OC[C@H]2OC(=O)c1cccc(CON(O)O)c1. The Bertz CT molecular complexity index is 1090. The molecule has 0 amide bonds. The number of fused-ring (bicyclic) bond motifs is 1. The molecule has 0 saturated carbocycles. The molecule has 2 aromatic rings. The number of benzene rings is 2. The molecule has 186 valence electrons. The number of esters is 3. The Labute approximate surface area is 199 Å². The van der Waals surface area contributed by atoms with Crippen LogP contribution in [0, 0.1) is 0 Å². The maximum atomic E-state index is 12.7. The highest BCUT2D eigenvalue weighted by Gasteiger charge is 2.51. The van der Waals surface area contributed by atoms with Gasteiger partial charge in [-0.3, -0.25) is 15.2 Å². The smallest absolute Gasteiger partial charge is 0.342 e. The monoisotopic (exact) mass is 489 g/mol. The van der Waals surface area contributed by atoms with Crippen molar-refractivity contribution in [1.29, 1.82) is 0 Å². The zero-order chi connectivity index (χ0) is 24.9. The lowest BCUT2D eigenvalue weighted by molar-refractivity contribution is -0.497. The van der Waals surface area contributed by atoms with Gasteiger partial charge in [-0.1, -0.05) is 24.3 Å². The summed E-state index contributed by atoms with van der Waals surface area (Å²) in [5.74, 6) is -1.83. The Morgan fingerprint density at radius 2 is 1.60 bits per heavy atom. The second-order valence-corrected chi connectivity index (χ2v) is 7.80. The van der Waals surface area contributed by atoms with Gasteiger partial charge in [0.1, 0.15) is 23.5 Å². The van der Waals surface area contributed by atoms with Crippen molar-refractivity contribution in [3.05, 3.63) is 65.2 Å². The third-order valence-electron chi connectivity index (χ3n) is 5.35. The molecule has 0 bridgehead atoms. The Morgan fingerprint density at radius 3 is 2.26 bits per heavy atom. The molecule has 12 heteroatoms. The van der Waals surface area contributed by atoms with Crippen LogP contribution in [0.1, 0.15) is 33.2 Å². The highest BCUT2D eigenvalue weighted by atomic mass is 17.1. The topological polar surface area (TPSA) is 150 Å². The maximum absolute atomic E-state index is 12.7. The van der Waals surface area contributed by atoms with Crippen LogP contribution in [-0.2, 0) is 35.2 Å². The summed E-state index contributed by atoms with van der Waals surface area (Å²) in [5.41, 5.74) is 0.813. The van der Waals surface area contributed by atoms with Gasteiger partial charge in [-0.25, -0.2) is 14.4 Å². The molecule has 0 aromatic heterocycles. The lowest BCUT2D eigenvalue weighted by atomic mass is 10.1. The van der Waals surface area contributed by atoms with Gasteiger partial charge in [-0.05, 0) is 29.8 Å². The normalized spacial score (nSPS) is 23.1. The van der Waals surface area contributed by atoms with E-state index in [2.05, 4.69) is 4.84 Å². The fraction of sp³-hybridized carbons (Fsp3) is 0.348. The van der Waals surface area contributed by atoms with E-state index in [4.69, 9.17) is 34.1 Å². The zero-order valence-electron chi connectivity index (χ0n) is 18.6. The molecule has 12 nitrogen and oxygen atoms in total. The summed E-state index contributed by atoms with van der Waals surface area (Å²) in [6, 6.07) is 12.5. The van der Waals surface area contributed by atoms with Gasteiger partial charge >= 0.3 is 17.9 Å². The molecule has 0 radical (unpaired) electrons. The van der Waals surface area contributed by atoms with Crippen LogP contribution in [0.25, 0.3) is 0 Å². The molecule has 2 heterocycles. The summed E-state index contributed by atoms with van der Waals surface area (Å²) in [5, 5.41) is 16.9. The number of hydrogen-bond donors (Lipinski definition) is 2. The van der Waals surface area contributed by atoms with Gasteiger partial charge in [-0.2, -0.15) is 0 Å². The molecular weight excluding hydrogens is 466 g/mol. The Morgan fingerprint density at radius 1 is 0.943 bits per heavy atom. The molecule has 0 unspecified atom stereocenters. The third-order valence-corrected chi connectivity index (χ3v) is 5.35. The summed E-state index contributed by atoms with van der Waals surface area (Å²) in [4.78, 5) is 41.2. The molecule has 35 heavy (non-hydrogen) atoms. The largest absolute Gasteiger partial charge is 0.453 e. The van der Waals surface area contributed by atoms with Crippen LogP contribution < -0.4 is 4.74 Å². The lowest BCUT2D eigenvalue weighted by Crippen LogP contribution is -2.36. The molecule has 2 aliphatic rings. The summed E-state index contributed by atoms with van der Waals surface area (Å²) in [7, 11) is 0. The van der Waals surface area contributed by atoms with Gasteiger partial charge < -0.3 is 23.7 Å². The standard InChI is InChI=1S/C23H23NO11/c1-13(25)33-17-8-3-2-7-16(17)23(27)35-19-12-31-20-18(11-30-21(19)20)34-22(26)15-6-4-5-14(9-15)10-32-24(28)29/h2-9,18-21,28-29H,10-12H2,1H3/t18-,19+,20-,21-/m1/s1. The van der Waals surface area contributed by atoms with Crippen molar-refractivity contribution in [2.75, 3.05) is 13.2 Å². The minimum absolute atomic E-state index is 0.0382. The zero-order valence-corrected chi connectivity index (χ0v) is 18.6. The van der Waals surface area contributed by atoms with Crippen molar-refractivity contribution in [1.82, 2.24) is 5.39 Å². The predicted molar refractivity (Wildman–Crippen MR) is 112 cm³/mol. The van der Waals surface area contributed by atoms with E-state index in [0.717, 1.165) is 0 Å². The van der Waals surface area contributed by atoms with Crippen LogP contribution >= 0.6 is 0 Å². The maximum Gasteiger partial charge on any atom is 0.342 e. The first-order valence-electron chi connectivity index (χ1n) is 10.6. The molecule has 0 aliphatic carbocycles. The predicted octanol–water partition coefficient (Wildman–Crippen LogP) is 1.67. The van der Waals surface area contributed by atoms with Gasteiger partial charge in [0.05, 0.1) is 30.8 Å². The first-order chi connectivity index (χ1) is 16.8. The number of hydrogen-bond acceptors (Lipinski definition) is 12. The van der Waals surface area contributed by atoms with Crippen molar-refractivity contribution in [2.24, 2.45) is 0 Å². The molecule has 4 rings (SSSR count). The van der Waals surface area contributed by atoms with Crippen LogP contribution in [0.2, 0.25) is 0 Å². The molecule has 2 N–H and O–H groups in total. The summed E-state index contributed by atoms with van der Waals surface area (Å²) in [6.07, 6.45) is -2.75. The quantitative estimate of drug-likeness (QED) is 0.315. The van der Waals surface area contributed by atoms with E-state index in [9.17, 15) is 14.4 Å². The van der Waals surface area contributed by atoms with E-state index in [0.29, 0.717) is 5.56 Å². The minimum atomic E-state index is -0.748. The van der Waals surface area contributed by atoms with E-state index in [1.807, 2.05) is 0 Å². The molecule has 2 aliphatic heterocycles. The summed E-state index contributed by atoms with van der Waals surface area (Å²) in [6.45, 7) is 1.14. The van der Waals surface area contributed by atoms with Crippen molar-refractivity contribution >= 4 is 17.9 Å². The first kappa shape index (κ1) is 24.7. The van der Waals surface area contributed by atoms with Crippen molar-refractivity contribution in [2.45, 2.75) is 37.9 Å². The van der Waals surface area contributed by atoms with E-state index in [1.165, 1.54) is 31.2 Å². The van der Waals surface area contributed by atoms with Crippen LogP contribution in [0.15, 0.2) is 48.5 Å². The number of carbonyl (C=O) groups is 3. The Kier molecular flexibility index (Phi) is 7.70. The van der Waals surface area contributed by atoms with Crippen LogP contribution in [0.4, 0.5) is 0 Å². The molecule has 0 spiro atoms. The average molecular weight is 489 g/mol. The summed E-state index contributed by atoms with van der Waals surface area (Å²) < 4.78 is 27.6. The van der Waals surface area contributed by atoms with Crippen LogP contribution in [0.5, 0.6) is 5.75 Å². The third kappa shape index (κ3) is 6.00. The second kappa shape index (κ2) is 10.9. The lowest BCUT2D eigenvalue weighted by Gasteiger charge is -2.18. The van der Waals surface area contributed by atoms with Crippen molar-refractivity contribution in [3.63, 3.8) is 0 Å². The first-order valence-corrected chi connectivity index (χ1v) is 10.6. The van der Waals surface area contributed by atoms with Crippen molar-refractivity contribution < 1.29 is 53.3 Å². The van der Waals surface area contributed by atoms with E-state index in [-0.39, 0.29) is 36.7 Å². The molecule has 2 saturated heterocycles. The second-order valence-electron chi connectivity index (χ2n) is 7.80. The van der Waals surface area contributed by atoms with Crippen LogP contribution in [-0.4, -0.2) is 71.3 Å². The fourth-order valence-electron chi connectivity index (χ4n) is 3.84. The Hall–Kier alpha value is -3.39. The molecule has 2 aromatic carbocycles. The highest BCUT2D eigenvalue weighted by Crippen LogP contribution is 2.32. The van der Waals surface area contributed by atoms with E-state index >= 15 is 0 Å². The van der Waals surface area contributed by atoms with Crippen molar-refractivity contribution in [3.8, 4) is 5.75 Å². The minimum Gasteiger partial charge on any atom is -0.453 e. The number of nitrogens with zero attached hydrogens (tertiary/aromatic N) is 1. The number of carbonyl (C=O) groups excluding carboxylic acids is 3. The Balaban J connectivity index is 1.36. The highest BCUT2D eigenvalue weighted by molar-refractivity contribution is 5.93. The summed E-state index contributed by atoms with van der Waals surface area (Å²) >= 11 is 0. The average Bonchev–Trinajstić information content (AvgIpc) is 3.41. The van der Waals surface area contributed by atoms with Gasteiger partial charge in [0.2, 0.25) is 0 Å². The molecule has 4 atom stereocenters. The number of para-hydroxylation sites is 1. The molecule has 2 fully saturated rings.